The minimum atomic E-state index is -0.393. The highest BCUT2D eigenvalue weighted by molar-refractivity contribution is 7.17. The first-order valence-corrected chi connectivity index (χ1v) is 7.15. The van der Waals surface area contributed by atoms with Gasteiger partial charge < -0.3 is 10.6 Å². The van der Waals surface area contributed by atoms with Crippen LogP contribution < -0.4 is 16.0 Å². The van der Waals surface area contributed by atoms with Gasteiger partial charge >= 0.3 is 6.03 Å². The van der Waals surface area contributed by atoms with Crippen molar-refractivity contribution in [3.63, 3.8) is 0 Å². The van der Waals surface area contributed by atoms with Crippen molar-refractivity contribution in [3.8, 4) is 0 Å². The molecule has 0 aliphatic carbocycles. The van der Waals surface area contributed by atoms with Gasteiger partial charge in [0.15, 0.2) is 5.13 Å². The van der Waals surface area contributed by atoms with Gasteiger partial charge in [-0.3, -0.25) is 10.1 Å². The number of carbonyl (C=O) groups excluding carboxylic acids is 2. The number of hydrogen-bond donors (Lipinski definition) is 3. The van der Waals surface area contributed by atoms with E-state index in [9.17, 15) is 9.59 Å². The maximum atomic E-state index is 11.9. The van der Waals surface area contributed by atoms with Gasteiger partial charge in [-0.15, -0.1) is 0 Å². The lowest BCUT2D eigenvalue weighted by atomic mass is 10.2. The fourth-order valence-electron chi connectivity index (χ4n) is 1.67. The summed E-state index contributed by atoms with van der Waals surface area (Å²) in [5, 5.41) is 8.25. The number of benzene rings is 1. The molecule has 1 heterocycles. The van der Waals surface area contributed by atoms with Gasteiger partial charge in [0.05, 0.1) is 5.69 Å². The molecule has 21 heavy (non-hydrogen) atoms. The summed E-state index contributed by atoms with van der Waals surface area (Å²) in [5.74, 6) is -0.211. The van der Waals surface area contributed by atoms with E-state index in [0.29, 0.717) is 21.4 Å². The Morgan fingerprint density at radius 1 is 1.10 bits per heavy atom. The van der Waals surface area contributed by atoms with Crippen LogP contribution in [-0.4, -0.2) is 24.0 Å². The number of rotatable bonds is 3. The van der Waals surface area contributed by atoms with Gasteiger partial charge in [-0.2, -0.15) is 0 Å². The number of nitrogens with one attached hydrogen (secondary N) is 3. The first kappa shape index (κ1) is 15.0. The zero-order valence-corrected chi connectivity index (χ0v) is 12.8. The number of nitrogens with zero attached hydrogens (tertiary/aromatic N) is 1. The summed E-state index contributed by atoms with van der Waals surface area (Å²) >= 11 is 1.14. The Kier molecular flexibility index (Phi) is 4.54. The van der Waals surface area contributed by atoms with Crippen molar-refractivity contribution in [2.24, 2.45) is 0 Å². The van der Waals surface area contributed by atoms with Crippen LogP contribution in [0.15, 0.2) is 24.3 Å². The second kappa shape index (κ2) is 6.36. The Morgan fingerprint density at radius 2 is 1.76 bits per heavy atom. The molecule has 3 amide bonds. The summed E-state index contributed by atoms with van der Waals surface area (Å²) in [6, 6.07) is 7.06. The number of carbonyl (C=O) groups is 2. The number of thiazole rings is 1. The topological polar surface area (TPSA) is 83.1 Å². The molecule has 0 fully saturated rings. The fraction of sp³-hybridized carbons (Fsp3) is 0.214. The van der Waals surface area contributed by atoms with Crippen LogP contribution in [0.2, 0.25) is 0 Å². The second-order valence-corrected chi connectivity index (χ2v) is 5.46. The van der Waals surface area contributed by atoms with Crippen molar-refractivity contribution < 1.29 is 9.59 Å². The van der Waals surface area contributed by atoms with Crippen LogP contribution in [0.4, 0.5) is 15.6 Å². The smallest absolute Gasteiger partial charge is 0.325 e. The normalized spacial score (nSPS) is 10.0. The summed E-state index contributed by atoms with van der Waals surface area (Å²) in [6.07, 6.45) is 0. The molecular formula is C14H16N4O2S. The Morgan fingerprint density at radius 3 is 2.38 bits per heavy atom. The SMILES string of the molecule is CNC(=O)c1sc(NC(=O)Nc2ccc(C)cc2)nc1C. The number of hydrogen-bond acceptors (Lipinski definition) is 4. The molecule has 1 aromatic carbocycles. The van der Waals surface area contributed by atoms with Crippen molar-refractivity contribution in [1.29, 1.82) is 0 Å². The Labute approximate surface area is 126 Å². The molecule has 110 valence electrons. The quantitative estimate of drug-likeness (QED) is 0.815. The highest BCUT2D eigenvalue weighted by Gasteiger charge is 2.15. The first-order valence-electron chi connectivity index (χ1n) is 6.34. The van der Waals surface area contributed by atoms with Crippen molar-refractivity contribution in [1.82, 2.24) is 10.3 Å². The number of aromatic nitrogens is 1. The van der Waals surface area contributed by atoms with Gasteiger partial charge in [-0.25, -0.2) is 9.78 Å². The lowest BCUT2D eigenvalue weighted by Crippen LogP contribution is -2.19. The molecule has 0 spiro atoms. The summed E-state index contributed by atoms with van der Waals surface area (Å²) in [4.78, 5) is 28.1. The van der Waals surface area contributed by atoms with Crippen LogP contribution in [0.1, 0.15) is 20.9 Å². The van der Waals surface area contributed by atoms with Crippen LogP contribution in [-0.2, 0) is 0 Å². The number of urea groups is 1. The Bertz CT molecular complexity index is 664. The molecular weight excluding hydrogens is 288 g/mol. The van der Waals surface area contributed by atoms with Crippen LogP contribution in [0.3, 0.4) is 0 Å². The van der Waals surface area contributed by atoms with Gasteiger partial charge in [0.25, 0.3) is 5.91 Å². The van der Waals surface area contributed by atoms with E-state index in [0.717, 1.165) is 16.9 Å². The van der Waals surface area contributed by atoms with Crippen molar-refractivity contribution in [3.05, 3.63) is 40.4 Å². The molecule has 0 radical (unpaired) electrons. The predicted octanol–water partition coefficient (Wildman–Crippen LogP) is 2.76. The first-order chi connectivity index (χ1) is 9.99. The molecule has 0 aliphatic rings. The number of aryl methyl sites for hydroxylation is 2. The molecule has 0 bridgehead atoms. The van der Waals surface area contributed by atoms with E-state index in [4.69, 9.17) is 0 Å². The van der Waals surface area contributed by atoms with E-state index in [-0.39, 0.29) is 5.91 Å². The van der Waals surface area contributed by atoms with E-state index in [2.05, 4.69) is 20.9 Å². The molecule has 0 saturated heterocycles. The van der Waals surface area contributed by atoms with Crippen LogP contribution in [0, 0.1) is 13.8 Å². The minimum absolute atomic E-state index is 0.211. The zero-order valence-electron chi connectivity index (χ0n) is 12.0. The zero-order chi connectivity index (χ0) is 15.4. The van der Waals surface area contributed by atoms with Gasteiger partial charge in [0, 0.05) is 12.7 Å². The maximum absolute atomic E-state index is 11.9. The number of amides is 3. The highest BCUT2D eigenvalue weighted by Crippen LogP contribution is 2.22. The molecule has 1 aromatic heterocycles. The third-order valence-corrected chi connectivity index (χ3v) is 3.83. The average molecular weight is 304 g/mol. The minimum Gasteiger partial charge on any atom is -0.354 e. The van der Waals surface area contributed by atoms with Gasteiger partial charge in [-0.05, 0) is 26.0 Å². The van der Waals surface area contributed by atoms with E-state index >= 15 is 0 Å². The Balaban J connectivity index is 2.03. The third-order valence-electron chi connectivity index (χ3n) is 2.76. The van der Waals surface area contributed by atoms with Crippen LogP contribution in [0.5, 0.6) is 0 Å². The van der Waals surface area contributed by atoms with Gasteiger partial charge in [0.1, 0.15) is 4.88 Å². The largest absolute Gasteiger partial charge is 0.354 e. The average Bonchev–Trinajstić information content (AvgIpc) is 2.81. The molecule has 6 nitrogen and oxygen atoms in total. The fourth-order valence-corrected chi connectivity index (χ4v) is 2.58. The molecule has 2 rings (SSSR count). The van der Waals surface area contributed by atoms with E-state index in [1.165, 1.54) is 0 Å². The van der Waals surface area contributed by atoms with E-state index in [1.807, 2.05) is 31.2 Å². The molecule has 3 N–H and O–H groups in total. The van der Waals surface area contributed by atoms with Crippen LogP contribution >= 0.6 is 11.3 Å². The summed E-state index contributed by atoms with van der Waals surface area (Å²) in [7, 11) is 1.55. The van der Waals surface area contributed by atoms with Gasteiger partial charge in [0.2, 0.25) is 0 Å². The molecule has 0 atom stereocenters. The molecule has 7 heteroatoms. The number of anilines is 2. The standard InChI is InChI=1S/C14H16N4O2S/c1-8-4-6-10(7-5-8)17-13(20)18-14-16-9(2)11(21-14)12(19)15-3/h4-7H,1-3H3,(H,15,19)(H2,16,17,18,20). The molecule has 0 unspecified atom stereocenters. The lowest BCUT2D eigenvalue weighted by Gasteiger charge is -2.05. The molecule has 0 aliphatic heterocycles. The Hall–Kier alpha value is -2.41. The van der Waals surface area contributed by atoms with Crippen molar-refractivity contribution >= 4 is 34.1 Å². The van der Waals surface area contributed by atoms with Crippen molar-refractivity contribution in [2.75, 3.05) is 17.7 Å². The molecule has 0 saturated carbocycles. The van der Waals surface area contributed by atoms with Crippen molar-refractivity contribution in [2.45, 2.75) is 13.8 Å². The predicted molar refractivity (Wildman–Crippen MR) is 84.1 cm³/mol. The maximum Gasteiger partial charge on any atom is 0.325 e. The third kappa shape index (κ3) is 3.79. The van der Waals surface area contributed by atoms with Gasteiger partial charge in [-0.1, -0.05) is 29.0 Å². The van der Waals surface area contributed by atoms with E-state index < -0.39 is 6.03 Å². The highest BCUT2D eigenvalue weighted by atomic mass is 32.1. The van der Waals surface area contributed by atoms with E-state index in [1.54, 1.807) is 14.0 Å². The van der Waals surface area contributed by atoms with Crippen LogP contribution in [0.25, 0.3) is 0 Å². The second-order valence-electron chi connectivity index (χ2n) is 4.46. The summed E-state index contributed by atoms with van der Waals surface area (Å²) in [5.41, 5.74) is 2.40. The summed E-state index contributed by atoms with van der Waals surface area (Å²) < 4.78 is 0. The monoisotopic (exact) mass is 304 g/mol. The molecule has 2 aromatic rings. The lowest BCUT2D eigenvalue weighted by molar-refractivity contribution is 0.0966. The summed E-state index contributed by atoms with van der Waals surface area (Å²) in [6.45, 7) is 3.70.